The number of hydrogen-bond acceptors (Lipinski definition) is 4. The number of H-pyrrole nitrogens is 2. The first-order chi connectivity index (χ1) is 18.6. The number of rotatable bonds is 5. The Kier molecular flexibility index (Phi) is 5.89. The molecule has 0 aliphatic carbocycles. The summed E-state index contributed by atoms with van der Waals surface area (Å²) >= 11 is 0. The number of ether oxygens (including phenoxy) is 1. The molecular formula is C30H33N5O4. The molecule has 4 heterocycles. The van der Waals surface area contributed by atoms with Crippen LogP contribution in [0.4, 0.5) is 0 Å². The van der Waals surface area contributed by atoms with Gasteiger partial charge >= 0.3 is 0 Å². The van der Waals surface area contributed by atoms with Gasteiger partial charge in [-0.2, -0.15) is 0 Å². The third-order valence-electron chi connectivity index (χ3n) is 8.01. The van der Waals surface area contributed by atoms with Crippen molar-refractivity contribution in [1.29, 1.82) is 0 Å². The molecule has 9 nitrogen and oxygen atoms in total. The van der Waals surface area contributed by atoms with Crippen LogP contribution in [0.25, 0.3) is 21.8 Å². The molecule has 2 fully saturated rings. The normalized spacial score (nSPS) is 19.6. The first kappa shape index (κ1) is 25.0. The lowest BCUT2D eigenvalue weighted by atomic mass is 9.85. The Labute approximate surface area is 226 Å². The molecule has 2 aromatic heterocycles. The number of benzene rings is 2. The van der Waals surface area contributed by atoms with Crippen molar-refractivity contribution in [2.45, 2.75) is 45.3 Å². The van der Waals surface area contributed by atoms with E-state index in [-0.39, 0.29) is 29.8 Å². The van der Waals surface area contributed by atoms with E-state index < -0.39 is 11.5 Å². The summed E-state index contributed by atoms with van der Waals surface area (Å²) in [5.74, 6) is 0.243. The van der Waals surface area contributed by atoms with Crippen molar-refractivity contribution in [2.24, 2.45) is 5.41 Å². The van der Waals surface area contributed by atoms with Crippen LogP contribution >= 0.6 is 0 Å². The van der Waals surface area contributed by atoms with Gasteiger partial charge in [0.25, 0.3) is 11.8 Å². The van der Waals surface area contributed by atoms with Crippen molar-refractivity contribution in [3.8, 4) is 5.75 Å². The van der Waals surface area contributed by atoms with Gasteiger partial charge < -0.3 is 29.8 Å². The fourth-order valence-corrected chi connectivity index (χ4v) is 5.91. The van der Waals surface area contributed by atoms with Crippen LogP contribution in [0.5, 0.6) is 5.75 Å². The average Bonchev–Trinajstić information content (AvgIpc) is 3.71. The number of para-hydroxylation sites is 1. The van der Waals surface area contributed by atoms with Crippen molar-refractivity contribution in [1.82, 2.24) is 25.1 Å². The van der Waals surface area contributed by atoms with E-state index in [9.17, 15) is 14.4 Å². The molecule has 39 heavy (non-hydrogen) atoms. The van der Waals surface area contributed by atoms with Gasteiger partial charge in [-0.15, -0.1) is 0 Å². The highest BCUT2D eigenvalue weighted by Gasteiger charge is 2.50. The number of piperazine rings is 1. The van der Waals surface area contributed by atoms with E-state index >= 15 is 0 Å². The zero-order valence-electron chi connectivity index (χ0n) is 22.6. The molecule has 4 aromatic rings. The summed E-state index contributed by atoms with van der Waals surface area (Å²) in [4.78, 5) is 50.5. The maximum absolute atomic E-state index is 13.8. The zero-order valence-corrected chi connectivity index (χ0v) is 22.6. The van der Waals surface area contributed by atoms with Crippen molar-refractivity contribution in [2.75, 3.05) is 20.2 Å². The van der Waals surface area contributed by atoms with Crippen molar-refractivity contribution in [3.05, 3.63) is 66.0 Å². The molecule has 3 amide bonds. The number of likely N-dealkylation sites (tertiary alicyclic amines) is 2. The Morgan fingerprint density at radius 2 is 1.56 bits per heavy atom. The Hall–Kier alpha value is -4.27. The summed E-state index contributed by atoms with van der Waals surface area (Å²) in [7, 11) is 1.61. The van der Waals surface area contributed by atoms with Crippen LogP contribution in [-0.2, 0) is 4.79 Å². The third kappa shape index (κ3) is 4.41. The minimum Gasteiger partial charge on any atom is -0.497 e. The molecule has 2 aromatic carbocycles. The van der Waals surface area contributed by atoms with E-state index in [0.29, 0.717) is 24.5 Å². The molecule has 6 rings (SSSR count). The number of fused-ring (bicyclic) bond motifs is 4. The lowest BCUT2D eigenvalue weighted by Gasteiger charge is -2.39. The fraction of sp³-hybridized carbons (Fsp3) is 0.367. The lowest BCUT2D eigenvalue weighted by Crippen LogP contribution is -2.59. The molecule has 3 atom stereocenters. The number of carbonyl (C=O) groups excluding carboxylic acids is 3. The number of nitrogens with zero attached hydrogens (tertiary/aromatic N) is 2. The van der Waals surface area contributed by atoms with Crippen LogP contribution in [0.15, 0.2) is 54.6 Å². The molecule has 2 bridgehead atoms. The van der Waals surface area contributed by atoms with Gasteiger partial charge in [0.05, 0.1) is 19.2 Å². The average molecular weight is 528 g/mol. The van der Waals surface area contributed by atoms with Gasteiger partial charge in [0, 0.05) is 41.0 Å². The molecule has 2 aliphatic heterocycles. The predicted molar refractivity (Wildman–Crippen MR) is 149 cm³/mol. The van der Waals surface area contributed by atoms with Gasteiger partial charge in [0.2, 0.25) is 5.91 Å². The summed E-state index contributed by atoms with van der Waals surface area (Å²) in [5.41, 5.74) is 2.17. The highest BCUT2D eigenvalue weighted by molar-refractivity contribution is 6.01. The quantitative estimate of drug-likeness (QED) is 0.365. The van der Waals surface area contributed by atoms with E-state index in [1.807, 2.05) is 79.1 Å². The topological polar surface area (TPSA) is 111 Å². The molecule has 0 spiro atoms. The molecule has 2 aliphatic rings. The molecule has 3 N–H and O–H groups in total. The SMILES string of the molecule is COc1ccc2cc(C(=O)N3C[C@@H]4C[C@H]3CN4C(=O)[C@@H](NC(=O)c3cc4ccccc4[nH]3)C(C)(C)C)[nH]c2c1. The Morgan fingerprint density at radius 1 is 0.897 bits per heavy atom. The van der Waals surface area contributed by atoms with E-state index in [1.54, 1.807) is 13.2 Å². The van der Waals surface area contributed by atoms with E-state index in [2.05, 4.69) is 15.3 Å². The van der Waals surface area contributed by atoms with Crippen LogP contribution in [0.1, 0.15) is 48.2 Å². The fourth-order valence-electron chi connectivity index (χ4n) is 5.91. The molecule has 0 unspecified atom stereocenters. The van der Waals surface area contributed by atoms with Gasteiger partial charge in [-0.3, -0.25) is 14.4 Å². The Balaban J connectivity index is 1.16. The second kappa shape index (κ2) is 9.18. The smallest absolute Gasteiger partial charge is 0.270 e. The minimum atomic E-state index is -0.705. The lowest BCUT2D eigenvalue weighted by molar-refractivity contribution is -0.138. The van der Waals surface area contributed by atoms with Gasteiger partial charge in [-0.05, 0) is 42.2 Å². The van der Waals surface area contributed by atoms with Gasteiger partial charge in [0.1, 0.15) is 23.2 Å². The number of hydrogen-bond donors (Lipinski definition) is 3. The molecule has 2 saturated heterocycles. The van der Waals surface area contributed by atoms with Gasteiger partial charge in [0.15, 0.2) is 0 Å². The molecule has 0 saturated carbocycles. The van der Waals surface area contributed by atoms with Crippen LogP contribution in [0.3, 0.4) is 0 Å². The highest BCUT2D eigenvalue weighted by atomic mass is 16.5. The van der Waals surface area contributed by atoms with Crippen LogP contribution in [0.2, 0.25) is 0 Å². The minimum absolute atomic E-state index is 0.0579. The standard InChI is InChI=1S/C30H33N5O4/c1-30(2,3)26(33-27(36)24-11-17-7-5-6-8-22(17)31-24)29(38)35-16-19-13-20(35)15-34(19)28(37)25-12-18-9-10-21(39-4)14-23(18)32-25/h5-12,14,19-20,26,31-32H,13,15-16H2,1-4H3,(H,33,36)/t19-,20-,26+/m0/s1. The van der Waals surface area contributed by atoms with E-state index in [1.165, 1.54) is 0 Å². The van der Waals surface area contributed by atoms with E-state index in [0.717, 1.165) is 34.0 Å². The van der Waals surface area contributed by atoms with Crippen LogP contribution < -0.4 is 10.1 Å². The van der Waals surface area contributed by atoms with Crippen molar-refractivity contribution < 1.29 is 19.1 Å². The van der Waals surface area contributed by atoms with Crippen molar-refractivity contribution in [3.63, 3.8) is 0 Å². The number of aromatic nitrogens is 2. The molecule has 202 valence electrons. The first-order valence-electron chi connectivity index (χ1n) is 13.3. The first-order valence-corrected chi connectivity index (χ1v) is 13.3. The number of nitrogens with one attached hydrogen (secondary N) is 3. The third-order valence-corrected chi connectivity index (χ3v) is 8.01. The maximum atomic E-state index is 13.8. The van der Waals surface area contributed by atoms with E-state index in [4.69, 9.17) is 4.74 Å². The second-order valence-electron chi connectivity index (χ2n) is 11.7. The highest BCUT2D eigenvalue weighted by Crippen LogP contribution is 2.34. The number of carbonyl (C=O) groups is 3. The summed E-state index contributed by atoms with van der Waals surface area (Å²) in [6, 6.07) is 16.2. The van der Waals surface area contributed by atoms with Gasteiger partial charge in [-0.25, -0.2) is 0 Å². The van der Waals surface area contributed by atoms with Gasteiger partial charge in [-0.1, -0.05) is 39.0 Å². The largest absolute Gasteiger partial charge is 0.497 e. The second-order valence-corrected chi connectivity index (χ2v) is 11.7. The maximum Gasteiger partial charge on any atom is 0.270 e. The van der Waals surface area contributed by atoms with Crippen molar-refractivity contribution >= 4 is 39.5 Å². The van der Waals surface area contributed by atoms with Crippen LogP contribution in [-0.4, -0.2) is 75.8 Å². The monoisotopic (exact) mass is 527 g/mol. The van der Waals surface area contributed by atoms with Crippen LogP contribution in [0, 0.1) is 5.41 Å². The summed E-state index contributed by atoms with van der Waals surface area (Å²) < 4.78 is 5.29. The molecule has 9 heteroatoms. The number of methoxy groups -OCH3 is 1. The number of amides is 3. The summed E-state index contributed by atoms with van der Waals surface area (Å²) in [6.45, 7) is 6.79. The molecule has 0 radical (unpaired) electrons. The predicted octanol–water partition coefficient (Wildman–Crippen LogP) is 3.93. The Morgan fingerprint density at radius 3 is 2.26 bits per heavy atom. The Bertz CT molecular complexity index is 1560. The molecular weight excluding hydrogens is 494 g/mol. The zero-order chi connectivity index (χ0) is 27.5. The summed E-state index contributed by atoms with van der Waals surface area (Å²) in [6.07, 6.45) is 0.734. The summed E-state index contributed by atoms with van der Waals surface area (Å²) in [5, 5.41) is 4.88. The number of aromatic amines is 2.